The molecule has 1 amide bonds. The van der Waals surface area contributed by atoms with Gasteiger partial charge < -0.3 is 19.9 Å². The summed E-state index contributed by atoms with van der Waals surface area (Å²) in [6.45, 7) is 3.41. The molecule has 2 fully saturated rings. The van der Waals surface area contributed by atoms with Crippen LogP contribution in [0.5, 0.6) is 0 Å². The van der Waals surface area contributed by atoms with Crippen molar-refractivity contribution in [3.05, 3.63) is 47.8 Å². The lowest BCUT2D eigenvalue weighted by molar-refractivity contribution is 0.102. The lowest BCUT2D eigenvalue weighted by Crippen LogP contribution is -2.35. The Hall–Kier alpha value is -3.11. The Bertz CT molecular complexity index is 1480. The van der Waals surface area contributed by atoms with Crippen LogP contribution in [0.25, 0.3) is 11.0 Å². The number of aromatic nitrogens is 2. The van der Waals surface area contributed by atoms with E-state index in [1.807, 2.05) is 12.1 Å². The van der Waals surface area contributed by atoms with Gasteiger partial charge >= 0.3 is 0 Å². The van der Waals surface area contributed by atoms with Crippen LogP contribution < -0.4 is 14.9 Å². The van der Waals surface area contributed by atoms with Gasteiger partial charge in [-0.2, -0.15) is 0 Å². The highest BCUT2D eigenvalue weighted by atomic mass is 32.2. The maximum atomic E-state index is 13.7. The SMILES string of the molecule is CC1CCCc2nc3c(NC(=O)c4ccc(NS(=O)(=O)CCO)cc4N4CCC5(CC4)CC5)cccc3n21. The number of piperidine rings is 1. The van der Waals surface area contributed by atoms with Crippen molar-refractivity contribution < 1.29 is 18.3 Å². The second kappa shape index (κ2) is 9.57. The van der Waals surface area contributed by atoms with Crippen LogP contribution in [-0.2, 0) is 16.4 Å². The van der Waals surface area contributed by atoms with Crippen molar-refractivity contribution in [2.24, 2.45) is 5.41 Å². The molecule has 3 aliphatic rings. The molecule has 3 N–H and O–H groups in total. The van der Waals surface area contributed by atoms with Gasteiger partial charge in [-0.25, -0.2) is 13.4 Å². The molecule has 1 atom stereocenters. The second-order valence-corrected chi connectivity index (χ2v) is 13.0. The summed E-state index contributed by atoms with van der Waals surface area (Å²) in [5.41, 5.74) is 4.57. The molecule has 38 heavy (non-hydrogen) atoms. The van der Waals surface area contributed by atoms with E-state index in [4.69, 9.17) is 10.1 Å². The van der Waals surface area contributed by atoms with E-state index in [1.165, 1.54) is 12.8 Å². The Morgan fingerprint density at radius 2 is 1.95 bits per heavy atom. The fourth-order valence-corrected chi connectivity index (χ4v) is 6.94. The molecule has 6 rings (SSSR count). The van der Waals surface area contributed by atoms with Crippen LogP contribution in [0.4, 0.5) is 17.1 Å². The Labute approximate surface area is 223 Å². The monoisotopic (exact) mass is 537 g/mol. The van der Waals surface area contributed by atoms with E-state index in [0.717, 1.165) is 62.1 Å². The van der Waals surface area contributed by atoms with Crippen molar-refractivity contribution >= 4 is 44.0 Å². The van der Waals surface area contributed by atoms with Gasteiger partial charge in [-0.1, -0.05) is 6.07 Å². The van der Waals surface area contributed by atoms with Crippen LogP contribution in [0.3, 0.4) is 0 Å². The van der Waals surface area contributed by atoms with Gasteiger partial charge in [-0.05, 0) is 81.2 Å². The van der Waals surface area contributed by atoms with Gasteiger partial charge in [-0.3, -0.25) is 9.52 Å². The van der Waals surface area contributed by atoms with Crippen LogP contribution in [0.15, 0.2) is 36.4 Å². The quantitative estimate of drug-likeness (QED) is 0.414. The summed E-state index contributed by atoms with van der Waals surface area (Å²) in [7, 11) is -3.68. The number of rotatable bonds is 7. The molecule has 0 radical (unpaired) electrons. The normalized spacial score (nSPS) is 20.4. The highest BCUT2D eigenvalue weighted by Gasteiger charge is 2.44. The van der Waals surface area contributed by atoms with Gasteiger partial charge in [0.15, 0.2) is 0 Å². The first-order chi connectivity index (χ1) is 18.3. The van der Waals surface area contributed by atoms with Crippen molar-refractivity contribution in [1.29, 1.82) is 0 Å². The molecular formula is C28H35N5O4S. The predicted molar refractivity (Wildman–Crippen MR) is 149 cm³/mol. The number of nitrogens with zero attached hydrogens (tertiary/aromatic N) is 3. The zero-order valence-electron chi connectivity index (χ0n) is 21.7. The fraction of sp³-hybridized carbons (Fsp3) is 0.500. The third-order valence-electron chi connectivity index (χ3n) is 8.50. The lowest BCUT2D eigenvalue weighted by atomic mass is 9.93. The number of hydrogen-bond acceptors (Lipinski definition) is 6. The van der Waals surface area contributed by atoms with Gasteiger partial charge in [0.05, 0.1) is 40.5 Å². The molecule has 1 aliphatic carbocycles. The summed E-state index contributed by atoms with van der Waals surface area (Å²) >= 11 is 0. The van der Waals surface area contributed by atoms with Crippen LogP contribution >= 0.6 is 0 Å². The van der Waals surface area contributed by atoms with E-state index in [9.17, 15) is 13.2 Å². The molecule has 9 nitrogen and oxygen atoms in total. The average Bonchev–Trinajstić information content (AvgIpc) is 3.51. The highest BCUT2D eigenvalue weighted by molar-refractivity contribution is 7.92. The van der Waals surface area contributed by atoms with Gasteiger partial charge in [0, 0.05) is 25.6 Å². The summed E-state index contributed by atoms with van der Waals surface area (Å²) < 4.78 is 29.4. The number of hydrogen-bond donors (Lipinski definition) is 3. The minimum Gasteiger partial charge on any atom is -0.395 e. The second-order valence-electron chi connectivity index (χ2n) is 11.1. The van der Waals surface area contributed by atoms with E-state index in [-0.39, 0.29) is 11.7 Å². The molecule has 202 valence electrons. The first-order valence-corrected chi connectivity index (χ1v) is 15.2. The van der Waals surface area contributed by atoms with Crippen LogP contribution in [-0.4, -0.2) is 54.4 Å². The Balaban J connectivity index is 1.32. The van der Waals surface area contributed by atoms with Crippen molar-refractivity contribution in [2.75, 3.05) is 40.4 Å². The van der Waals surface area contributed by atoms with Crippen molar-refractivity contribution in [3.63, 3.8) is 0 Å². The number of aliphatic hydroxyl groups excluding tert-OH is 1. The predicted octanol–water partition coefficient (Wildman–Crippen LogP) is 4.30. The number of para-hydroxylation sites is 1. The third kappa shape index (κ3) is 4.75. The van der Waals surface area contributed by atoms with Crippen molar-refractivity contribution in [1.82, 2.24) is 9.55 Å². The lowest BCUT2D eigenvalue weighted by Gasteiger charge is -2.35. The fourth-order valence-electron chi connectivity index (χ4n) is 6.11. The van der Waals surface area contributed by atoms with Gasteiger partial charge in [0.1, 0.15) is 11.3 Å². The summed E-state index contributed by atoms with van der Waals surface area (Å²) in [5, 5.41) is 12.2. The van der Waals surface area contributed by atoms with E-state index in [1.54, 1.807) is 18.2 Å². The molecule has 2 aliphatic heterocycles. The molecule has 10 heteroatoms. The van der Waals surface area contributed by atoms with Crippen molar-refractivity contribution in [3.8, 4) is 0 Å². The number of aliphatic hydroxyl groups is 1. The highest BCUT2D eigenvalue weighted by Crippen LogP contribution is 2.54. The number of carbonyl (C=O) groups excluding carboxylic acids is 1. The van der Waals surface area contributed by atoms with Crippen LogP contribution in [0.1, 0.15) is 67.7 Å². The van der Waals surface area contributed by atoms with Gasteiger partial charge in [0.25, 0.3) is 5.91 Å². The Morgan fingerprint density at radius 1 is 1.16 bits per heavy atom. The molecule has 1 saturated heterocycles. The average molecular weight is 538 g/mol. The van der Waals surface area contributed by atoms with Crippen LogP contribution in [0.2, 0.25) is 0 Å². The summed E-state index contributed by atoms with van der Waals surface area (Å²) in [6, 6.07) is 11.3. The Kier molecular flexibility index (Phi) is 6.34. The number of carbonyl (C=O) groups is 1. The molecule has 2 aromatic carbocycles. The number of nitrogens with one attached hydrogen (secondary N) is 2. The third-order valence-corrected chi connectivity index (χ3v) is 9.77. The topological polar surface area (TPSA) is 117 Å². The molecule has 3 heterocycles. The zero-order chi connectivity index (χ0) is 26.5. The molecule has 1 aromatic heterocycles. The van der Waals surface area contributed by atoms with E-state index >= 15 is 0 Å². The number of anilines is 3. The molecule has 1 spiro atoms. The largest absolute Gasteiger partial charge is 0.395 e. The first kappa shape index (κ1) is 25.2. The smallest absolute Gasteiger partial charge is 0.257 e. The van der Waals surface area contributed by atoms with E-state index in [0.29, 0.717) is 34.1 Å². The first-order valence-electron chi connectivity index (χ1n) is 13.6. The van der Waals surface area contributed by atoms with E-state index in [2.05, 4.69) is 32.5 Å². The number of sulfonamides is 1. The van der Waals surface area contributed by atoms with E-state index < -0.39 is 16.6 Å². The zero-order valence-corrected chi connectivity index (χ0v) is 22.6. The van der Waals surface area contributed by atoms with Crippen LogP contribution in [0, 0.1) is 5.41 Å². The van der Waals surface area contributed by atoms with Gasteiger partial charge in [-0.15, -0.1) is 0 Å². The minimum absolute atomic E-state index is 0.247. The number of benzene rings is 2. The Morgan fingerprint density at radius 3 is 2.68 bits per heavy atom. The number of aryl methyl sites for hydroxylation is 1. The molecule has 3 aromatic rings. The summed E-state index contributed by atoms with van der Waals surface area (Å²) in [6.07, 6.45) is 7.85. The maximum absolute atomic E-state index is 13.7. The molecule has 1 unspecified atom stereocenters. The van der Waals surface area contributed by atoms with Crippen molar-refractivity contribution in [2.45, 2.75) is 57.9 Å². The number of amides is 1. The maximum Gasteiger partial charge on any atom is 0.257 e. The van der Waals surface area contributed by atoms with Gasteiger partial charge in [0.2, 0.25) is 10.0 Å². The number of imidazole rings is 1. The summed E-state index contributed by atoms with van der Waals surface area (Å²) in [5.74, 6) is 0.430. The summed E-state index contributed by atoms with van der Waals surface area (Å²) in [4.78, 5) is 20.8. The number of fused-ring (bicyclic) bond motifs is 3. The standard InChI is InChI=1S/C28H35N5O4S/c1-19-4-2-7-25-30-26-22(5-3-6-23(26)33(19)25)29-27(35)21-9-8-20(31-38(36,37)17-16-34)18-24(21)32-14-12-28(10-11-28)13-15-32/h3,5-6,8-9,18-19,31,34H,2,4,7,10-17H2,1H3,(H,29,35). The minimum atomic E-state index is -3.68. The molecular weight excluding hydrogens is 502 g/mol. The molecule has 1 saturated carbocycles. The molecule has 0 bridgehead atoms.